The Hall–Kier alpha value is -1.06. The summed E-state index contributed by atoms with van der Waals surface area (Å²) in [4.78, 5) is 3.90. The summed E-state index contributed by atoms with van der Waals surface area (Å²) in [6.07, 6.45) is 3.19. The molecule has 4 heteroatoms. The molecule has 0 saturated heterocycles. The Labute approximate surface area is 101 Å². The summed E-state index contributed by atoms with van der Waals surface area (Å²) in [6, 6.07) is 6.98. The van der Waals surface area contributed by atoms with Crippen LogP contribution in [0.25, 0.3) is 11.1 Å². The van der Waals surface area contributed by atoms with Gasteiger partial charge in [-0.2, -0.15) is 0 Å². The largest absolute Gasteiger partial charge is 0.507 e. The molecule has 2 aromatic rings. The highest BCUT2D eigenvalue weighted by atomic mass is 79.9. The SMILES string of the molecule is Oc1ccc(Br)cc1-c1ccncc1Cl. The van der Waals surface area contributed by atoms with Crippen molar-refractivity contribution in [1.29, 1.82) is 0 Å². The number of halogens is 2. The fourth-order valence-electron chi connectivity index (χ4n) is 1.32. The van der Waals surface area contributed by atoms with Crippen LogP contribution in [0.3, 0.4) is 0 Å². The van der Waals surface area contributed by atoms with Crippen LogP contribution in [0.1, 0.15) is 0 Å². The number of hydrogen-bond acceptors (Lipinski definition) is 2. The van der Waals surface area contributed by atoms with E-state index in [0.29, 0.717) is 10.6 Å². The number of nitrogens with zero attached hydrogens (tertiary/aromatic N) is 1. The molecule has 2 rings (SSSR count). The molecule has 1 aromatic carbocycles. The lowest BCUT2D eigenvalue weighted by molar-refractivity contribution is 0.477. The van der Waals surface area contributed by atoms with Crippen molar-refractivity contribution in [2.45, 2.75) is 0 Å². The van der Waals surface area contributed by atoms with E-state index in [1.165, 1.54) is 0 Å². The zero-order valence-corrected chi connectivity index (χ0v) is 9.96. The third kappa shape index (κ3) is 2.13. The van der Waals surface area contributed by atoms with Crippen LogP contribution >= 0.6 is 27.5 Å². The van der Waals surface area contributed by atoms with Crippen molar-refractivity contribution in [2.75, 3.05) is 0 Å². The van der Waals surface area contributed by atoms with Gasteiger partial charge in [0.2, 0.25) is 0 Å². The Bertz CT molecular complexity index is 502. The second-order valence-corrected chi connectivity index (χ2v) is 4.34. The van der Waals surface area contributed by atoms with E-state index in [-0.39, 0.29) is 5.75 Å². The molecule has 0 atom stereocenters. The van der Waals surface area contributed by atoms with Crippen molar-refractivity contribution in [3.63, 3.8) is 0 Å². The molecule has 0 radical (unpaired) electrons. The van der Waals surface area contributed by atoms with E-state index in [4.69, 9.17) is 11.6 Å². The zero-order chi connectivity index (χ0) is 10.8. The first-order valence-electron chi connectivity index (χ1n) is 4.27. The van der Waals surface area contributed by atoms with Crippen molar-refractivity contribution < 1.29 is 5.11 Å². The number of hydrogen-bond donors (Lipinski definition) is 1. The van der Waals surface area contributed by atoms with Crippen LogP contribution in [0.15, 0.2) is 41.1 Å². The second-order valence-electron chi connectivity index (χ2n) is 3.02. The topological polar surface area (TPSA) is 33.1 Å². The third-order valence-electron chi connectivity index (χ3n) is 2.02. The number of rotatable bonds is 1. The highest BCUT2D eigenvalue weighted by Crippen LogP contribution is 2.35. The summed E-state index contributed by atoms with van der Waals surface area (Å²) in [5, 5.41) is 10.2. The van der Waals surface area contributed by atoms with Crippen LogP contribution < -0.4 is 0 Å². The lowest BCUT2D eigenvalue weighted by Crippen LogP contribution is -1.82. The van der Waals surface area contributed by atoms with Gasteiger partial charge in [-0.25, -0.2) is 0 Å². The third-order valence-corrected chi connectivity index (χ3v) is 2.82. The highest BCUT2D eigenvalue weighted by molar-refractivity contribution is 9.10. The molecule has 15 heavy (non-hydrogen) atoms. The zero-order valence-electron chi connectivity index (χ0n) is 7.61. The van der Waals surface area contributed by atoms with E-state index in [0.717, 1.165) is 10.0 Å². The van der Waals surface area contributed by atoms with Gasteiger partial charge in [0, 0.05) is 28.0 Å². The van der Waals surface area contributed by atoms with Crippen molar-refractivity contribution >= 4 is 27.5 Å². The highest BCUT2D eigenvalue weighted by Gasteiger charge is 2.08. The Morgan fingerprint density at radius 3 is 2.73 bits per heavy atom. The minimum absolute atomic E-state index is 0.200. The minimum atomic E-state index is 0.200. The maximum Gasteiger partial charge on any atom is 0.123 e. The summed E-state index contributed by atoms with van der Waals surface area (Å²) in [6.45, 7) is 0. The van der Waals surface area contributed by atoms with Gasteiger partial charge in [0.1, 0.15) is 5.75 Å². The maximum absolute atomic E-state index is 9.71. The first kappa shape index (κ1) is 10.5. The van der Waals surface area contributed by atoms with Gasteiger partial charge in [-0.05, 0) is 24.3 Å². The van der Waals surface area contributed by atoms with Crippen molar-refractivity contribution in [3.05, 3.63) is 46.2 Å². The van der Waals surface area contributed by atoms with Gasteiger partial charge >= 0.3 is 0 Å². The van der Waals surface area contributed by atoms with Crippen LogP contribution in [-0.4, -0.2) is 10.1 Å². The second kappa shape index (κ2) is 4.21. The first-order valence-corrected chi connectivity index (χ1v) is 5.44. The molecule has 2 nitrogen and oxygen atoms in total. The molecule has 0 unspecified atom stereocenters. The minimum Gasteiger partial charge on any atom is -0.507 e. The maximum atomic E-state index is 9.71. The molecule has 0 aliphatic rings. The van der Waals surface area contributed by atoms with Gasteiger partial charge in [0.05, 0.1) is 5.02 Å². The molecule has 1 heterocycles. The Morgan fingerprint density at radius 2 is 2.00 bits per heavy atom. The molecular formula is C11H7BrClNO. The van der Waals surface area contributed by atoms with Crippen molar-refractivity contribution in [3.8, 4) is 16.9 Å². The van der Waals surface area contributed by atoms with Crippen molar-refractivity contribution in [2.24, 2.45) is 0 Å². The van der Waals surface area contributed by atoms with E-state index in [1.54, 1.807) is 30.6 Å². The van der Waals surface area contributed by atoms with E-state index in [9.17, 15) is 5.11 Å². The van der Waals surface area contributed by atoms with E-state index in [1.807, 2.05) is 6.07 Å². The fourth-order valence-corrected chi connectivity index (χ4v) is 1.90. The summed E-state index contributed by atoms with van der Waals surface area (Å²) < 4.78 is 0.892. The number of pyridine rings is 1. The standard InChI is InChI=1S/C11H7BrClNO/c12-7-1-2-11(15)9(5-7)8-3-4-14-6-10(8)13/h1-6,15H. The lowest BCUT2D eigenvalue weighted by Gasteiger charge is -2.06. The van der Waals surface area contributed by atoms with Crippen LogP contribution in [0, 0.1) is 0 Å². The average molecular weight is 285 g/mol. The molecule has 0 amide bonds. The van der Waals surface area contributed by atoms with Gasteiger partial charge in [-0.3, -0.25) is 4.98 Å². The molecular weight excluding hydrogens is 277 g/mol. The van der Waals surface area contributed by atoms with Crippen LogP contribution in [0.2, 0.25) is 5.02 Å². The van der Waals surface area contributed by atoms with Gasteiger partial charge in [-0.15, -0.1) is 0 Å². The van der Waals surface area contributed by atoms with Gasteiger partial charge in [0.25, 0.3) is 0 Å². The van der Waals surface area contributed by atoms with Crippen molar-refractivity contribution in [1.82, 2.24) is 4.98 Å². The van der Waals surface area contributed by atoms with Gasteiger partial charge in [0.15, 0.2) is 0 Å². The fraction of sp³-hybridized carbons (Fsp3) is 0. The van der Waals surface area contributed by atoms with E-state index >= 15 is 0 Å². The smallest absolute Gasteiger partial charge is 0.123 e. The van der Waals surface area contributed by atoms with E-state index < -0.39 is 0 Å². The summed E-state index contributed by atoms with van der Waals surface area (Å²) in [7, 11) is 0. The van der Waals surface area contributed by atoms with Gasteiger partial charge < -0.3 is 5.11 Å². The summed E-state index contributed by atoms with van der Waals surface area (Å²) in [5.41, 5.74) is 1.46. The molecule has 0 fully saturated rings. The molecule has 76 valence electrons. The van der Waals surface area contributed by atoms with Gasteiger partial charge in [-0.1, -0.05) is 27.5 Å². The summed E-state index contributed by atoms with van der Waals surface area (Å²) >= 11 is 9.34. The van der Waals surface area contributed by atoms with E-state index in [2.05, 4.69) is 20.9 Å². The average Bonchev–Trinajstić information content (AvgIpc) is 2.23. The monoisotopic (exact) mass is 283 g/mol. The predicted molar refractivity (Wildman–Crippen MR) is 64.0 cm³/mol. The number of phenolic OH excluding ortho intramolecular Hbond substituents is 1. The Balaban J connectivity index is 2.64. The number of aromatic hydroxyl groups is 1. The first-order chi connectivity index (χ1) is 7.18. The van der Waals surface area contributed by atoms with Crippen LogP contribution in [0.4, 0.5) is 0 Å². The quantitative estimate of drug-likeness (QED) is 0.862. The normalized spacial score (nSPS) is 10.3. The van der Waals surface area contributed by atoms with Crippen LogP contribution in [0.5, 0.6) is 5.75 Å². The number of aromatic nitrogens is 1. The lowest BCUT2D eigenvalue weighted by atomic mass is 10.1. The molecule has 1 N–H and O–H groups in total. The predicted octanol–water partition coefficient (Wildman–Crippen LogP) is 3.87. The summed E-state index contributed by atoms with van der Waals surface area (Å²) in [5.74, 6) is 0.200. The Morgan fingerprint density at radius 1 is 1.20 bits per heavy atom. The molecule has 0 aliphatic heterocycles. The number of phenols is 1. The molecule has 0 spiro atoms. The number of benzene rings is 1. The molecule has 0 saturated carbocycles. The van der Waals surface area contributed by atoms with Crippen LogP contribution in [-0.2, 0) is 0 Å². The molecule has 0 aliphatic carbocycles. The molecule has 1 aromatic heterocycles. The molecule has 0 bridgehead atoms. The Kier molecular flexibility index (Phi) is 2.93.